The quantitative estimate of drug-likeness (QED) is 0.304. The lowest BCUT2D eigenvalue weighted by molar-refractivity contribution is -0.127. The molecule has 1 aliphatic rings. The van der Waals surface area contributed by atoms with Crippen molar-refractivity contribution in [3.8, 4) is 5.75 Å². The maximum absolute atomic E-state index is 12.4. The van der Waals surface area contributed by atoms with Crippen LogP contribution in [0.15, 0.2) is 65.7 Å². The Morgan fingerprint density at radius 2 is 1.81 bits per heavy atom. The zero-order valence-electron chi connectivity index (χ0n) is 19.1. The number of likely N-dealkylation sites (tertiary alicyclic amines) is 1. The summed E-state index contributed by atoms with van der Waals surface area (Å²) in [6, 6.07) is 20.3. The van der Waals surface area contributed by atoms with Crippen molar-refractivity contribution in [2.24, 2.45) is 10.9 Å². The molecule has 1 aliphatic heterocycles. The van der Waals surface area contributed by atoms with E-state index >= 15 is 0 Å². The first kappa shape index (κ1) is 23.6. The van der Waals surface area contributed by atoms with Gasteiger partial charge in [0.15, 0.2) is 5.96 Å². The summed E-state index contributed by atoms with van der Waals surface area (Å²) in [5, 5.41) is 6.70. The van der Waals surface area contributed by atoms with Crippen LogP contribution in [0.3, 0.4) is 0 Å². The second-order valence-electron chi connectivity index (χ2n) is 8.16. The third kappa shape index (κ3) is 8.25. The fraction of sp³-hybridized carbons (Fsp3) is 0.462. The standard InChI is InChI=1S/C26H36N4O2/c1-2-27-26(28-16-9-10-18-32-24-13-7-4-8-14-24)29-20-23-19-25(31)30(21-23)17-15-22-11-5-3-6-12-22/h3-8,11-14,23H,2,9-10,15-21H2,1H3,(H2,27,28,29). The second kappa shape index (κ2) is 13.4. The van der Waals surface area contributed by atoms with Crippen LogP contribution in [0.4, 0.5) is 0 Å². The van der Waals surface area contributed by atoms with Crippen LogP contribution in [0.1, 0.15) is 31.7 Å². The minimum Gasteiger partial charge on any atom is -0.494 e. The van der Waals surface area contributed by atoms with Crippen molar-refractivity contribution in [1.82, 2.24) is 15.5 Å². The number of guanidine groups is 1. The van der Waals surface area contributed by atoms with Crippen molar-refractivity contribution < 1.29 is 9.53 Å². The average molecular weight is 437 g/mol. The summed E-state index contributed by atoms with van der Waals surface area (Å²) in [6.07, 6.45) is 3.48. The molecule has 0 radical (unpaired) electrons. The highest BCUT2D eigenvalue weighted by Gasteiger charge is 2.28. The molecule has 172 valence electrons. The van der Waals surface area contributed by atoms with Gasteiger partial charge in [-0.1, -0.05) is 48.5 Å². The molecule has 32 heavy (non-hydrogen) atoms. The Morgan fingerprint density at radius 3 is 2.56 bits per heavy atom. The number of unbranched alkanes of at least 4 members (excludes halogenated alkanes) is 1. The number of hydrogen-bond acceptors (Lipinski definition) is 3. The summed E-state index contributed by atoms with van der Waals surface area (Å²) in [5.74, 6) is 2.27. The molecule has 6 heteroatoms. The van der Waals surface area contributed by atoms with E-state index < -0.39 is 0 Å². The first-order valence-corrected chi connectivity index (χ1v) is 11.8. The second-order valence-corrected chi connectivity index (χ2v) is 8.16. The Labute approximate surface area is 192 Å². The van der Waals surface area contributed by atoms with Crippen LogP contribution < -0.4 is 15.4 Å². The highest BCUT2D eigenvalue weighted by atomic mass is 16.5. The van der Waals surface area contributed by atoms with Gasteiger partial charge in [-0.3, -0.25) is 9.79 Å². The van der Waals surface area contributed by atoms with Gasteiger partial charge >= 0.3 is 0 Å². The van der Waals surface area contributed by atoms with Crippen molar-refractivity contribution >= 4 is 11.9 Å². The fourth-order valence-electron chi connectivity index (χ4n) is 3.80. The number of ether oxygens (including phenoxy) is 1. The summed E-state index contributed by atoms with van der Waals surface area (Å²) < 4.78 is 5.73. The van der Waals surface area contributed by atoms with Crippen molar-refractivity contribution in [1.29, 1.82) is 0 Å². The lowest BCUT2D eigenvalue weighted by Crippen LogP contribution is -2.38. The third-order valence-corrected chi connectivity index (χ3v) is 5.54. The molecule has 1 amide bonds. The molecule has 1 unspecified atom stereocenters. The maximum atomic E-state index is 12.4. The summed E-state index contributed by atoms with van der Waals surface area (Å²) in [4.78, 5) is 19.1. The monoisotopic (exact) mass is 436 g/mol. The Hall–Kier alpha value is -3.02. The normalized spacial score (nSPS) is 16.3. The maximum Gasteiger partial charge on any atom is 0.223 e. The zero-order chi connectivity index (χ0) is 22.4. The number of aliphatic imine (C=N–C) groups is 1. The number of carbonyl (C=O) groups is 1. The van der Waals surface area contributed by atoms with Crippen molar-refractivity contribution in [2.75, 3.05) is 39.3 Å². The number of nitrogens with zero attached hydrogens (tertiary/aromatic N) is 2. The molecule has 0 aromatic heterocycles. The van der Waals surface area contributed by atoms with E-state index in [0.717, 1.165) is 57.2 Å². The van der Waals surface area contributed by atoms with Crippen molar-refractivity contribution in [3.63, 3.8) is 0 Å². The fourth-order valence-corrected chi connectivity index (χ4v) is 3.80. The summed E-state index contributed by atoms with van der Waals surface area (Å²) in [7, 11) is 0. The molecule has 0 bridgehead atoms. The van der Waals surface area contributed by atoms with Crippen LogP contribution in [-0.4, -0.2) is 56.1 Å². The number of hydrogen-bond donors (Lipinski definition) is 2. The Kier molecular flexibility index (Phi) is 9.90. The topological polar surface area (TPSA) is 66.0 Å². The molecule has 1 fully saturated rings. The molecule has 1 saturated heterocycles. The lowest BCUT2D eigenvalue weighted by Gasteiger charge is -2.16. The molecule has 1 atom stereocenters. The van der Waals surface area contributed by atoms with Gasteiger partial charge in [-0.25, -0.2) is 0 Å². The number of carbonyl (C=O) groups excluding carboxylic acids is 1. The number of benzene rings is 2. The van der Waals surface area contributed by atoms with Gasteiger partial charge < -0.3 is 20.3 Å². The Bertz CT molecular complexity index is 826. The van der Waals surface area contributed by atoms with E-state index in [1.165, 1.54) is 5.56 Å². The minimum atomic E-state index is 0.248. The van der Waals surface area contributed by atoms with Gasteiger partial charge in [0.1, 0.15) is 5.75 Å². The van der Waals surface area contributed by atoms with E-state index in [1.807, 2.05) is 53.4 Å². The predicted octanol–water partition coefficient (Wildman–Crippen LogP) is 3.49. The van der Waals surface area contributed by atoms with E-state index in [4.69, 9.17) is 9.73 Å². The van der Waals surface area contributed by atoms with E-state index in [-0.39, 0.29) is 11.8 Å². The van der Waals surface area contributed by atoms with Gasteiger partial charge in [0, 0.05) is 45.1 Å². The van der Waals surface area contributed by atoms with Crippen molar-refractivity contribution in [2.45, 2.75) is 32.6 Å². The molecule has 2 aromatic carbocycles. The largest absolute Gasteiger partial charge is 0.494 e. The predicted molar refractivity (Wildman–Crippen MR) is 130 cm³/mol. The molecule has 1 heterocycles. The smallest absolute Gasteiger partial charge is 0.223 e. The van der Waals surface area contributed by atoms with E-state index in [9.17, 15) is 4.79 Å². The van der Waals surface area contributed by atoms with Gasteiger partial charge in [-0.05, 0) is 43.9 Å². The Morgan fingerprint density at radius 1 is 1.06 bits per heavy atom. The average Bonchev–Trinajstić information content (AvgIpc) is 3.19. The number of para-hydroxylation sites is 1. The minimum absolute atomic E-state index is 0.248. The van der Waals surface area contributed by atoms with Crippen molar-refractivity contribution in [3.05, 3.63) is 66.2 Å². The van der Waals surface area contributed by atoms with E-state index in [0.29, 0.717) is 19.6 Å². The van der Waals surface area contributed by atoms with Gasteiger partial charge in [-0.15, -0.1) is 0 Å². The highest BCUT2D eigenvalue weighted by Crippen LogP contribution is 2.18. The molecular formula is C26H36N4O2. The lowest BCUT2D eigenvalue weighted by atomic mass is 10.1. The first-order valence-electron chi connectivity index (χ1n) is 11.8. The zero-order valence-corrected chi connectivity index (χ0v) is 19.1. The molecule has 0 saturated carbocycles. The molecule has 0 spiro atoms. The van der Waals surface area contributed by atoms with Crippen LogP contribution in [0.25, 0.3) is 0 Å². The molecule has 0 aliphatic carbocycles. The summed E-state index contributed by atoms with van der Waals surface area (Å²) in [5.41, 5.74) is 1.27. The first-order chi connectivity index (χ1) is 15.7. The summed E-state index contributed by atoms with van der Waals surface area (Å²) in [6.45, 7) is 6.68. The molecular weight excluding hydrogens is 400 g/mol. The Balaban J connectivity index is 1.34. The van der Waals surface area contributed by atoms with Gasteiger partial charge in [-0.2, -0.15) is 0 Å². The van der Waals surface area contributed by atoms with Crippen LogP contribution in [0.5, 0.6) is 5.75 Å². The number of amides is 1. The summed E-state index contributed by atoms with van der Waals surface area (Å²) >= 11 is 0. The van der Waals surface area contributed by atoms with Crippen LogP contribution >= 0.6 is 0 Å². The molecule has 6 nitrogen and oxygen atoms in total. The van der Waals surface area contributed by atoms with Crippen LogP contribution in [0.2, 0.25) is 0 Å². The molecule has 3 rings (SSSR count). The molecule has 2 aromatic rings. The van der Waals surface area contributed by atoms with Gasteiger partial charge in [0.25, 0.3) is 0 Å². The van der Waals surface area contributed by atoms with Gasteiger partial charge in [0.05, 0.1) is 6.61 Å². The number of nitrogens with one attached hydrogen (secondary N) is 2. The number of rotatable bonds is 12. The highest BCUT2D eigenvalue weighted by molar-refractivity contribution is 5.80. The van der Waals surface area contributed by atoms with Crippen LogP contribution in [0, 0.1) is 5.92 Å². The van der Waals surface area contributed by atoms with Crippen LogP contribution in [-0.2, 0) is 11.2 Å². The van der Waals surface area contributed by atoms with E-state index in [2.05, 4.69) is 29.7 Å². The molecule has 2 N–H and O–H groups in total. The SMILES string of the molecule is CCNC(=NCC1CC(=O)N(CCc2ccccc2)C1)NCCCCOc1ccccc1. The van der Waals surface area contributed by atoms with E-state index in [1.54, 1.807) is 0 Å². The third-order valence-electron chi connectivity index (χ3n) is 5.54. The van der Waals surface area contributed by atoms with Gasteiger partial charge in [0.2, 0.25) is 5.91 Å².